The summed E-state index contributed by atoms with van der Waals surface area (Å²) in [4.78, 5) is 0. The fraction of sp³-hybridized carbons (Fsp3) is 0.833. The van der Waals surface area contributed by atoms with Crippen molar-refractivity contribution >= 4 is 0 Å². The number of rotatable bonds is 3. The van der Waals surface area contributed by atoms with Crippen LogP contribution in [0.4, 0.5) is 0 Å². The zero-order valence-corrected chi connectivity index (χ0v) is 9.55. The van der Waals surface area contributed by atoms with Crippen molar-refractivity contribution in [1.29, 1.82) is 0 Å². The van der Waals surface area contributed by atoms with E-state index in [9.17, 15) is 0 Å². The van der Waals surface area contributed by atoms with Crippen molar-refractivity contribution in [2.75, 3.05) is 13.2 Å². The normalized spacial score (nSPS) is 27.7. The van der Waals surface area contributed by atoms with Crippen molar-refractivity contribution in [3.05, 3.63) is 11.6 Å². The molecule has 0 aliphatic carbocycles. The van der Waals surface area contributed by atoms with E-state index in [2.05, 4.69) is 13.8 Å². The van der Waals surface area contributed by atoms with Crippen LogP contribution in [0, 0.1) is 5.92 Å². The van der Waals surface area contributed by atoms with Gasteiger partial charge in [-0.25, -0.2) is 0 Å². The summed E-state index contributed by atoms with van der Waals surface area (Å²) in [5.74, 6) is 0.598. The maximum absolute atomic E-state index is 9.05. The summed E-state index contributed by atoms with van der Waals surface area (Å²) < 4.78 is 5.76. The van der Waals surface area contributed by atoms with Crippen molar-refractivity contribution in [3.63, 3.8) is 0 Å². The van der Waals surface area contributed by atoms with E-state index in [0.717, 1.165) is 25.0 Å². The highest BCUT2D eigenvalue weighted by Crippen LogP contribution is 2.30. The second kappa shape index (κ2) is 4.94. The molecule has 82 valence electrons. The molecule has 0 aromatic carbocycles. The lowest BCUT2D eigenvalue weighted by molar-refractivity contribution is -0.0764. The van der Waals surface area contributed by atoms with E-state index in [1.54, 1.807) is 0 Å². The lowest BCUT2D eigenvalue weighted by Crippen LogP contribution is -2.33. The predicted molar refractivity (Wildman–Crippen MR) is 58.2 cm³/mol. The Morgan fingerprint density at radius 2 is 2.29 bits per heavy atom. The second-order valence-electron chi connectivity index (χ2n) is 4.78. The molecule has 1 heterocycles. The minimum Gasteiger partial charge on any atom is -0.392 e. The molecule has 1 fully saturated rings. The van der Waals surface area contributed by atoms with E-state index in [4.69, 9.17) is 9.84 Å². The molecule has 1 unspecified atom stereocenters. The van der Waals surface area contributed by atoms with E-state index in [1.165, 1.54) is 6.42 Å². The van der Waals surface area contributed by atoms with Crippen LogP contribution in [-0.4, -0.2) is 23.9 Å². The molecule has 0 aromatic rings. The molecule has 1 aliphatic heterocycles. The fourth-order valence-corrected chi connectivity index (χ4v) is 1.86. The van der Waals surface area contributed by atoms with E-state index in [0.29, 0.717) is 5.92 Å². The Morgan fingerprint density at radius 3 is 2.71 bits per heavy atom. The van der Waals surface area contributed by atoms with E-state index in [1.807, 2.05) is 13.0 Å². The van der Waals surface area contributed by atoms with Gasteiger partial charge in [-0.2, -0.15) is 0 Å². The average Bonchev–Trinajstić information content (AvgIpc) is 2.16. The zero-order chi connectivity index (χ0) is 10.6. The summed E-state index contributed by atoms with van der Waals surface area (Å²) in [7, 11) is 0. The molecule has 0 amide bonds. The summed E-state index contributed by atoms with van der Waals surface area (Å²) in [6.07, 6.45) is 5.34. The zero-order valence-electron chi connectivity index (χ0n) is 9.55. The monoisotopic (exact) mass is 198 g/mol. The lowest BCUT2D eigenvalue weighted by atomic mass is 9.88. The van der Waals surface area contributed by atoms with Gasteiger partial charge in [-0.15, -0.1) is 0 Å². The Hall–Kier alpha value is -0.340. The van der Waals surface area contributed by atoms with Gasteiger partial charge in [-0.05, 0) is 51.5 Å². The summed E-state index contributed by atoms with van der Waals surface area (Å²) >= 11 is 0. The first-order chi connectivity index (χ1) is 6.57. The van der Waals surface area contributed by atoms with Gasteiger partial charge in [0, 0.05) is 0 Å². The summed E-state index contributed by atoms with van der Waals surface area (Å²) in [5, 5.41) is 9.05. The Labute approximate surface area is 87.0 Å². The molecule has 1 aliphatic rings. The molecule has 0 spiro atoms. The predicted octanol–water partition coefficient (Wildman–Crippen LogP) is 2.52. The van der Waals surface area contributed by atoms with Gasteiger partial charge in [0.05, 0.1) is 18.8 Å². The highest BCUT2D eigenvalue weighted by atomic mass is 16.5. The van der Waals surface area contributed by atoms with Crippen molar-refractivity contribution in [3.8, 4) is 0 Å². The number of hydrogen-bond acceptors (Lipinski definition) is 2. The number of ether oxygens (including phenoxy) is 1. The molecular formula is C12H22O2. The van der Waals surface area contributed by atoms with E-state index >= 15 is 0 Å². The first-order valence-electron chi connectivity index (χ1n) is 5.46. The maximum Gasteiger partial charge on any atom is 0.0641 e. The largest absolute Gasteiger partial charge is 0.392 e. The van der Waals surface area contributed by atoms with Crippen LogP contribution in [-0.2, 0) is 4.74 Å². The highest BCUT2D eigenvalue weighted by Gasteiger charge is 2.27. The number of aliphatic hydroxyl groups is 1. The third kappa shape index (κ3) is 3.43. The SMILES string of the molecule is C/C=C(/CO)CC1CCC(C)(C)OC1. The van der Waals surface area contributed by atoms with Gasteiger partial charge in [0.1, 0.15) is 0 Å². The van der Waals surface area contributed by atoms with Crippen molar-refractivity contribution < 1.29 is 9.84 Å². The maximum atomic E-state index is 9.05. The van der Waals surface area contributed by atoms with Gasteiger partial charge in [-0.3, -0.25) is 0 Å². The van der Waals surface area contributed by atoms with Crippen LogP contribution in [0.3, 0.4) is 0 Å². The molecule has 1 saturated heterocycles. The smallest absolute Gasteiger partial charge is 0.0641 e. The first kappa shape index (κ1) is 11.7. The molecule has 0 bridgehead atoms. The van der Waals surface area contributed by atoms with Gasteiger partial charge in [0.25, 0.3) is 0 Å². The van der Waals surface area contributed by atoms with Gasteiger partial charge in [0.2, 0.25) is 0 Å². The quantitative estimate of drug-likeness (QED) is 0.706. The number of allylic oxidation sites excluding steroid dienone is 1. The molecule has 1 atom stereocenters. The van der Waals surface area contributed by atoms with Crippen LogP contribution in [0.15, 0.2) is 11.6 Å². The molecule has 1 rings (SSSR count). The van der Waals surface area contributed by atoms with Crippen LogP contribution in [0.1, 0.15) is 40.0 Å². The average molecular weight is 198 g/mol. The molecule has 2 heteroatoms. The lowest BCUT2D eigenvalue weighted by Gasteiger charge is -2.35. The van der Waals surface area contributed by atoms with Gasteiger partial charge < -0.3 is 9.84 Å². The Morgan fingerprint density at radius 1 is 1.57 bits per heavy atom. The van der Waals surface area contributed by atoms with E-state index in [-0.39, 0.29) is 12.2 Å². The van der Waals surface area contributed by atoms with Crippen LogP contribution < -0.4 is 0 Å². The van der Waals surface area contributed by atoms with Crippen LogP contribution in [0.2, 0.25) is 0 Å². The Kier molecular flexibility index (Phi) is 4.14. The standard InChI is InChI=1S/C12H22O2/c1-4-10(8-13)7-11-5-6-12(2,3)14-9-11/h4,11,13H,5-9H2,1-3H3/b10-4+. The van der Waals surface area contributed by atoms with Crippen molar-refractivity contribution in [2.45, 2.75) is 45.6 Å². The minimum absolute atomic E-state index is 0.0613. The third-order valence-corrected chi connectivity index (χ3v) is 3.03. The summed E-state index contributed by atoms with van der Waals surface area (Å²) in [5.41, 5.74) is 1.20. The molecule has 14 heavy (non-hydrogen) atoms. The third-order valence-electron chi connectivity index (χ3n) is 3.03. The first-order valence-corrected chi connectivity index (χ1v) is 5.46. The van der Waals surface area contributed by atoms with Crippen molar-refractivity contribution in [2.24, 2.45) is 5.92 Å². The Balaban J connectivity index is 2.36. The topological polar surface area (TPSA) is 29.5 Å². The molecule has 2 nitrogen and oxygen atoms in total. The van der Waals surface area contributed by atoms with Crippen LogP contribution in [0.25, 0.3) is 0 Å². The van der Waals surface area contributed by atoms with E-state index < -0.39 is 0 Å². The van der Waals surface area contributed by atoms with Gasteiger partial charge in [-0.1, -0.05) is 6.08 Å². The number of hydrogen-bond donors (Lipinski definition) is 1. The van der Waals surface area contributed by atoms with Gasteiger partial charge >= 0.3 is 0 Å². The summed E-state index contributed by atoms with van der Waals surface area (Å²) in [6, 6.07) is 0. The molecule has 0 radical (unpaired) electrons. The highest BCUT2D eigenvalue weighted by molar-refractivity contribution is 5.02. The van der Waals surface area contributed by atoms with Crippen LogP contribution in [0.5, 0.6) is 0 Å². The number of aliphatic hydroxyl groups excluding tert-OH is 1. The minimum atomic E-state index is 0.0613. The second-order valence-corrected chi connectivity index (χ2v) is 4.78. The Bertz CT molecular complexity index is 196. The van der Waals surface area contributed by atoms with Gasteiger partial charge in [0.15, 0.2) is 0 Å². The fourth-order valence-electron chi connectivity index (χ4n) is 1.86. The molecule has 0 saturated carbocycles. The van der Waals surface area contributed by atoms with Crippen LogP contribution >= 0.6 is 0 Å². The molecule has 1 N–H and O–H groups in total. The molecular weight excluding hydrogens is 176 g/mol. The van der Waals surface area contributed by atoms with Crippen molar-refractivity contribution in [1.82, 2.24) is 0 Å². The summed E-state index contributed by atoms with van der Waals surface area (Å²) in [6.45, 7) is 7.30. The molecule has 0 aromatic heterocycles.